The number of carbonyl (C=O) groups excluding carboxylic acids is 3. The molecule has 7 heteroatoms. The van der Waals surface area contributed by atoms with Crippen molar-refractivity contribution in [3.63, 3.8) is 0 Å². The second kappa shape index (κ2) is 5.04. The number of ether oxygens (including phenoxy) is 1. The number of fused-ring (bicyclic) bond motifs is 1. The molecule has 1 aromatic rings. The number of hydrogen-bond acceptors (Lipinski definition) is 4. The number of imide groups is 1. The second-order valence-corrected chi connectivity index (χ2v) is 5.44. The van der Waals surface area contributed by atoms with Gasteiger partial charge in [-0.1, -0.05) is 11.6 Å². The zero-order chi connectivity index (χ0) is 15.1. The first-order chi connectivity index (χ1) is 10.0. The molecular weight excluding hydrogens is 296 g/mol. The molecule has 0 aliphatic carbocycles. The van der Waals surface area contributed by atoms with Crippen LogP contribution in [0.1, 0.15) is 28.8 Å². The van der Waals surface area contributed by atoms with Crippen molar-refractivity contribution in [1.29, 1.82) is 0 Å². The molecule has 1 unspecified atom stereocenters. The molecule has 1 saturated heterocycles. The lowest BCUT2D eigenvalue weighted by Gasteiger charge is -2.29. The summed E-state index contributed by atoms with van der Waals surface area (Å²) in [6.07, 6.45) is 0.562. The van der Waals surface area contributed by atoms with Crippen molar-refractivity contribution < 1.29 is 19.1 Å². The quantitative estimate of drug-likeness (QED) is 0.830. The standard InChI is InChI=1S/C14H13ClN2O4/c1-21-7-4-8-9(10(15)5-7)6-17(14(8)20)11-2-3-12(18)16-13(11)19/h4-5,11H,2-3,6H2,1H3,(H,16,18,19). The molecule has 110 valence electrons. The van der Waals surface area contributed by atoms with E-state index in [1.165, 1.54) is 12.0 Å². The van der Waals surface area contributed by atoms with Crippen LogP contribution in [0.4, 0.5) is 0 Å². The smallest absolute Gasteiger partial charge is 0.255 e. The first-order valence-corrected chi connectivity index (χ1v) is 6.90. The molecule has 0 spiro atoms. The van der Waals surface area contributed by atoms with Gasteiger partial charge >= 0.3 is 0 Å². The Bertz CT molecular complexity index is 659. The van der Waals surface area contributed by atoms with Crippen molar-refractivity contribution in [3.05, 3.63) is 28.3 Å². The molecule has 1 N–H and O–H groups in total. The lowest BCUT2D eigenvalue weighted by Crippen LogP contribution is -2.52. The highest BCUT2D eigenvalue weighted by Gasteiger charge is 2.40. The van der Waals surface area contributed by atoms with Gasteiger partial charge in [0, 0.05) is 24.1 Å². The van der Waals surface area contributed by atoms with E-state index in [0.29, 0.717) is 28.3 Å². The Morgan fingerprint density at radius 3 is 2.76 bits per heavy atom. The van der Waals surface area contributed by atoms with Gasteiger partial charge in [0.15, 0.2) is 0 Å². The second-order valence-electron chi connectivity index (χ2n) is 5.04. The monoisotopic (exact) mass is 308 g/mol. The predicted molar refractivity (Wildman–Crippen MR) is 74.0 cm³/mol. The minimum atomic E-state index is -0.635. The van der Waals surface area contributed by atoms with Gasteiger partial charge in [0.2, 0.25) is 11.8 Å². The van der Waals surface area contributed by atoms with Crippen LogP contribution in [-0.4, -0.2) is 35.8 Å². The SMILES string of the molecule is COc1cc(Cl)c2c(c1)C(=O)N(C1CCC(=O)NC1=O)C2. The first kappa shape index (κ1) is 13.9. The number of carbonyl (C=O) groups is 3. The van der Waals surface area contributed by atoms with E-state index in [1.54, 1.807) is 12.1 Å². The molecule has 2 aliphatic rings. The third-order valence-electron chi connectivity index (χ3n) is 3.81. The Hall–Kier alpha value is -2.08. The number of halogens is 1. The average Bonchev–Trinajstić information content (AvgIpc) is 2.77. The van der Waals surface area contributed by atoms with Crippen LogP contribution >= 0.6 is 11.6 Å². The highest BCUT2D eigenvalue weighted by atomic mass is 35.5. The van der Waals surface area contributed by atoms with Crippen molar-refractivity contribution in [3.8, 4) is 5.75 Å². The molecule has 1 fully saturated rings. The maximum absolute atomic E-state index is 12.5. The Morgan fingerprint density at radius 1 is 1.33 bits per heavy atom. The summed E-state index contributed by atoms with van der Waals surface area (Å²) in [5, 5.41) is 2.70. The summed E-state index contributed by atoms with van der Waals surface area (Å²) in [5.74, 6) is -0.506. The van der Waals surface area contributed by atoms with Crippen LogP contribution in [0.25, 0.3) is 0 Å². The van der Waals surface area contributed by atoms with Gasteiger partial charge in [-0.05, 0) is 18.6 Å². The maximum Gasteiger partial charge on any atom is 0.255 e. The van der Waals surface area contributed by atoms with Crippen LogP contribution in [0.3, 0.4) is 0 Å². The van der Waals surface area contributed by atoms with Crippen molar-refractivity contribution in [1.82, 2.24) is 10.2 Å². The maximum atomic E-state index is 12.5. The zero-order valence-electron chi connectivity index (χ0n) is 11.3. The molecule has 21 heavy (non-hydrogen) atoms. The number of benzene rings is 1. The molecule has 2 heterocycles. The summed E-state index contributed by atoms with van der Waals surface area (Å²) in [5.41, 5.74) is 1.14. The van der Waals surface area contributed by atoms with Crippen LogP contribution in [0.2, 0.25) is 5.02 Å². The number of piperidine rings is 1. The Kier molecular flexibility index (Phi) is 3.33. The van der Waals surface area contributed by atoms with E-state index in [2.05, 4.69) is 5.32 Å². The van der Waals surface area contributed by atoms with E-state index >= 15 is 0 Å². The lowest BCUT2D eigenvalue weighted by atomic mass is 10.0. The van der Waals surface area contributed by atoms with Crippen molar-refractivity contribution in [2.75, 3.05) is 7.11 Å². The first-order valence-electron chi connectivity index (χ1n) is 6.52. The molecule has 3 amide bonds. The van der Waals surface area contributed by atoms with E-state index < -0.39 is 11.9 Å². The summed E-state index contributed by atoms with van der Waals surface area (Å²) >= 11 is 6.17. The van der Waals surface area contributed by atoms with Gasteiger partial charge in [-0.25, -0.2) is 0 Å². The highest BCUT2D eigenvalue weighted by Crippen LogP contribution is 2.35. The van der Waals surface area contributed by atoms with Crippen LogP contribution in [-0.2, 0) is 16.1 Å². The van der Waals surface area contributed by atoms with Gasteiger partial charge in [-0.2, -0.15) is 0 Å². The fraction of sp³-hybridized carbons (Fsp3) is 0.357. The number of nitrogens with zero attached hydrogens (tertiary/aromatic N) is 1. The Labute approximate surface area is 126 Å². The topological polar surface area (TPSA) is 75.7 Å². The van der Waals surface area contributed by atoms with E-state index in [9.17, 15) is 14.4 Å². The number of hydrogen-bond donors (Lipinski definition) is 1. The molecular formula is C14H13ClN2O4. The molecule has 0 radical (unpaired) electrons. The molecule has 1 atom stereocenters. The average molecular weight is 309 g/mol. The van der Waals surface area contributed by atoms with Crippen LogP contribution in [0.5, 0.6) is 5.75 Å². The van der Waals surface area contributed by atoms with Gasteiger partial charge < -0.3 is 9.64 Å². The minimum Gasteiger partial charge on any atom is -0.497 e. The Balaban J connectivity index is 1.92. The predicted octanol–water partition coefficient (Wildman–Crippen LogP) is 1.11. The van der Waals surface area contributed by atoms with Gasteiger partial charge in [0.05, 0.1) is 12.1 Å². The number of amides is 3. The summed E-state index contributed by atoms with van der Waals surface area (Å²) in [4.78, 5) is 37.1. The number of nitrogens with one attached hydrogen (secondary N) is 1. The lowest BCUT2D eigenvalue weighted by molar-refractivity contribution is -0.136. The van der Waals surface area contributed by atoms with E-state index in [1.807, 2.05) is 0 Å². The third-order valence-corrected chi connectivity index (χ3v) is 4.15. The molecule has 0 saturated carbocycles. The molecule has 0 aromatic heterocycles. The van der Waals surface area contributed by atoms with Crippen molar-refractivity contribution >= 4 is 29.3 Å². The fourth-order valence-corrected chi connectivity index (χ4v) is 2.98. The van der Waals surface area contributed by atoms with Gasteiger partial charge in [-0.3, -0.25) is 19.7 Å². The number of methoxy groups -OCH3 is 1. The zero-order valence-corrected chi connectivity index (χ0v) is 12.1. The van der Waals surface area contributed by atoms with Crippen LogP contribution in [0, 0.1) is 0 Å². The summed E-state index contributed by atoms with van der Waals surface area (Å²) in [6, 6.07) is 2.63. The van der Waals surface area contributed by atoms with Gasteiger partial charge in [-0.15, -0.1) is 0 Å². The van der Waals surface area contributed by atoms with E-state index in [0.717, 1.165) is 0 Å². The highest BCUT2D eigenvalue weighted by molar-refractivity contribution is 6.32. The normalized spacial score (nSPS) is 21.3. The van der Waals surface area contributed by atoms with Crippen LogP contribution in [0.15, 0.2) is 12.1 Å². The Morgan fingerprint density at radius 2 is 2.10 bits per heavy atom. The van der Waals surface area contributed by atoms with Gasteiger partial charge in [0.1, 0.15) is 11.8 Å². The minimum absolute atomic E-state index is 0.230. The molecule has 1 aromatic carbocycles. The molecule has 2 aliphatic heterocycles. The van der Waals surface area contributed by atoms with Gasteiger partial charge in [0.25, 0.3) is 5.91 Å². The molecule has 0 bridgehead atoms. The fourth-order valence-electron chi connectivity index (χ4n) is 2.71. The largest absolute Gasteiger partial charge is 0.497 e. The third kappa shape index (κ3) is 2.25. The van der Waals surface area contributed by atoms with E-state index in [4.69, 9.17) is 16.3 Å². The van der Waals surface area contributed by atoms with Crippen molar-refractivity contribution in [2.45, 2.75) is 25.4 Å². The van der Waals surface area contributed by atoms with Crippen molar-refractivity contribution in [2.24, 2.45) is 0 Å². The molecule has 3 rings (SSSR count). The summed E-state index contributed by atoms with van der Waals surface area (Å²) in [6.45, 7) is 0.267. The number of rotatable bonds is 2. The molecule has 6 nitrogen and oxygen atoms in total. The summed E-state index contributed by atoms with van der Waals surface area (Å²) in [7, 11) is 1.50. The van der Waals surface area contributed by atoms with E-state index in [-0.39, 0.29) is 24.8 Å². The summed E-state index contributed by atoms with van der Waals surface area (Å²) < 4.78 is 5.11. The van der Waals surface area contributed by atoms with Crippen LogP contribution < -0.4 is 10.1 Å².